The molecule has 3 rings (SSSR count). The van der Waals surface area contributed by atoms with Crippen molar-refractivity contribution in [3.63, 3.8) is 0 Å². The van der Waals surface area contributed by atoms with Gasteiger partial charge in [-0.25, -0.2) is 0 Å². The second kappa shape index (κ2) is 7.73. The first-order valence-corrected chi connectivity index (χ1v) is 9.24. The molecular formula is C22H26N2O2. The summed E-state index contributed by atoms with van der Waals surface area (Å²) in [4.78, 5) is 29.2. The van der Waals surface area contributed by atoms with E-state index in [1.807, 2.05) is 66.1 Å². The number of rotatable bonds is 3. The summed E-state index contributed by atoms with van der Waals surface area (Å²) in [6.45, 7) is 8.36. The van der Waals surface area contributed by atoms with E-state index in [-0.39, 0.29) is 11.8 Å². The summed E-state index contributed by atoms with van der Waals surface area (Å²) in [6, 6.07) is 13.8. The zero-order chi connectivity index (χ0) is 18.7. The highest BCUT2D eigenvalue weighted by molar-refractivity contribution is 5.97. The molecule has 0 aromatic heterocycles. The highest BCUT2D eigenvalue weighted by Crippen LogP contribution is 2.16. The summed E-state index contributed by atoms with van der Waals surface area (Å²) in [6.07, 6.45) is 0.966. The van der Waals surface area contributed by atoms with Gasteiger partial charge in [-0.05, 0) is 49.6 Å². The molecule has 26 heavy (non-hydrogen) atoms. The third-order valence-corrected chi connectivity index (χ3v) is 5.09. The van der Waals surface area contributed by atoms with Gasteiger partial charge in [-0.3, -0.25) is 9.59 Å². The van der Waals surface area contributed by atoms with Crippen LogP contribution in [-0.2, 0) is 6.42 Å². The number of hydrogen-bond donors (Lipinski definition) is 0. The van der Waals surface area contributed by atoms with Gasteiger partial charge in [0.1, 0.15) is 0 Å². The van der Waals surface area contributed by atoms with Crippen LogP contribution in [0.5, 0.6) is 0 Å². The van der Waals surface area contributed by atoms with Crippen molar-refractivity contribution in [3.8, 4) is 0 Å². The molecule has 2 aromatic rings. The molecule has 0 unspecified atom stereocenters. The molecule has 1 aliphatic rings. The van der Waals surface area contributed by atoms with Gasteiger partial charge in [-0.1, -0.05) is 36.8 Å². The summed E-state index contributed by atoms with van der Waals surface area (Å²) < 4.78 is 0. The average Bonchev–Trinajstić information content (AvgIpc) is 2.69. The number of nitrogens with zero attached hydrogens (tertiary/aromatic N) is 2. The van der Waals surface area contributed by atoms with Crippen LogP contribution in [0.15, 0.2) is 42.5 Å². The second-order valence-electron chi connectivity index (χ2n) is 6.95. The van der Waals surface area contributed by atoms with E-state index >= 15 is 0 Å². The standard InChI is InChI=1S/C22H26N2O2/c1-4-18-7-9-19(10-8-18)21(25)23-11-13-24(14-12-23)22(26)20-15-16(2)5-6-17(20)3/h5-10,15H,4,11-14H2,1-3H3. The number of benzene rings is 2. The summed E-state index contributed by atoms with van der Waals surface area (Å²) in [5, 5.41) is 0. The minimum absolute atomic E-state index is 0.0477. The molecule has 2 amide bonds. The fourth-order valence-corrected chi connectivity index (χ4v) is 3.31. The highest BCUT2D eigenvalue weighted by atomic mass is 16.2. The van der Waals surface area contributed by atoms with Crippen LogP contribution in [0.25, 0.3) is 0 Å². The minimum atomic E-state index is 0.0477. The summed E-state index contributed by atoms with van der Waals surface area (Å²) in [7, 11) is 0. The Morgan fingerprint density at radius 1 is 0.846 bits per heavy atom. The first kappa shape index (κ1) is 18.2. The van der Waals surface area contributed by atoms with Crippen molar-refractivity contribution >= 4 is 11.8 Å². The molecule has 2 aromatic carbocycles. The molecule has 0 atom stereocenters. The lowest BCUT2D eigenvalue weighted by Gasteiger charge is -2.35. The number of piperazine rings is 1. The van der Waals surface area contributed by atoms with E-state index < -0.39 is 0 Å². The van der Waals surface area contributed by atoms with E-state index in [9.17, 15) is 9.59 Å². The lowest BCUT2D eigenvalue weighted by atomic mass is 10.0. The van der Waals surface area contributed by atoms with Gasteiger partial charge in [0.25, 0.3) is 11.8 Å². The molecule has 0 N–H and O–H groups in total. The third kappa shape index (κ3) is 3.79. The quantitative estimate of drug-likeness (QED) is 0.850. The Balaban J connectivity index is 1.64. The first-order chi connectivity index (χ1) is 12.5. The van der Waals surface area contributed by atoms with E-state index in [0.717, 1.165) is 28.7 Å². The molecule has 4 nitrogen and oxygen atoms in total. The zero-order valence-electron chi connectivity index (χ0n) is 15.8. The minimum Gasteiger partial charge on any atom is -0.335 e. The predicted octanol–water partition coefficient (Wildman–Crippen LogP) is 3.46. The van der Waals surface area contributed by atoms with Crippen LogP contribution in [0, 0.1) is 13.8 Å². The van der Waals surface area contributed by atoms with E-state index in [1.54, 1.807) is 0 Å². The molecule has 1 saturated heterocycles. The Labute approximate surface area is 155 Å². The lowest BCUT2D eigenvalue weighted by Crippen LogP contribution is -2.50. The van der Waals surface area contributed by atoms with E-state index in [2.05, 4.69) is 6.92 Å². The molecule has 1 heterocycles. The summed E-state index contributed by atoms with van der Waals surface area (Å²) in [5.74, 6) is 0.108. The maximum absolute atomic E-state index is 12.8. The van der Waals surface area contributed by atoms with Crippen molar-refractivity contribution in [2.24, 2.45) is 0 Å². The van der Waals surface area contributed by atoms with Crippen LogP contribution >= 0.6 is 0 Å². The van der Waals surface area contributed by atoms with Crippen LogP contribution in [-0.4, -0.2) is 47.8 Å². The van der Waals surface area contributed by atoms with E-state index in [1.165, 1.54) is 5.56 Å². The van der Waals surface area contributed by atoms with Crippen molar-refractivity contribution in [2.45, 2.75) is 27.2 Å². The largest absolute Gasteiger partial charge is 0.335 e. The van der Waals surface area contributed by atoms with Crippen LogP contribution in [0.2, 0.25) is 0 Å². The van der Waals surface area contributed by atoms with Gasteiger partial charge in [0.15, 0.2) is 0 Å². The molecular weight excluding hydrogens is 324 g/mol. The third-order valence-electron chi connectivity index (χ3n) is 5.09. The van der Waals surface area contributed by atoms with Crippen LogP contribution in [0.4, 0.5) is 0 Å². The second-order valence-corrected chi connectivity index (χ2v) is 6.95. The first-order valence-electron chi connectivity index (χ1n) is 9.24. The molecule has 1 aliphatic heterocycles. The normalized spacial score (nSPS) is 14.4. The topological polar surface area (TPSA) is 40.6 Å². The fraction of sp³-hybridized carbons (Fsp3) is 0.364. The number of carbonyl (C=O) groups is 2. The van der Waals surface area contributed by atoms with Gasteiger partial charge in [-0.15, -0.1) is 0 Å². The zero-order valence-corrected chi connectivity index (χ0v) is 15.8. The maximum Gasteiger partial charge on any atom is 0.254 e. The molecule has 0 saturated carbocycles. The van der Waals surface area contributed by atoms with Gasteiger partial charge < -0.3 is 9.80 Å². The van der Waals surface area contributed by atoms with Gasteiger partial charge in [-0.2, -0.15) is 0 Å². The number of hydrogen-bond acceptors (Lipinski definition) is 2. The van der Waals surface area contributed by atoms with Crippen molar-refractivity contribution in [3.05, 3.63) is 70.3 Å². The van der Waals surface area contributed by atoms with Gasteiger partial charge >= 0.3 is 0 Å². The van der Waals surface area contributed by atoms with Crippen molar-refractivity contribution < 1.29 is 9.59 Å². The molecule has 4 heteroatoms. The average molecular weight is 350 g/mol. The monoisotopic (exact) mass is 350 g/mol. The molecule has 1 fully saturated rings. The predicted molar refractivity (Wildman–Crippen MR) is 104 cm³/mol. The number of aryl methyl sites for hydroxylation is 3. The van der Waals surface area contributed by atoms with Crippen molar-refractivity contribution in [1.29, 1.82) is 0 Å². The van der Waals surface area contributed by atoms with Crippen molar-refractivity contribution in [2.75, 3.05) is 26.2 Å². The molecule has 136 valence electrons. The Bertz CT molecular complexity index is 803. The molecule has 0 spiro atoms. The Kier molecular flexibility index (Phi) is 5.40. The maximum atomic E-state index is 12.8. The summed E-state index contributed by atoms with van der Waals surface area (Å²) >= 11 is 0. The van der Waals surface area contributed by atoms with Gasteiger partial charge in [0.2, 0.25) is 0 Å². The molecule has 0 aliphatic carbocycles. The van der Waals surface area contributed by atoms with Gasteiger partial charge in [0.05, 0.1) is 0 Å². The lowest BCUT2D eigenvalue weighted by molar-refractivity contribution is 0.0535. The highest BCUT2D eigenvalue weighted by Gasteiger charge is 2.26. The van der Waals surface area contributed by atoms with Crippen LogP contribution < -0.4 is 0 Å². The molecule has 0 bridgehead atoms. The van der Waals surface area contributed by atoms with E-state index in [0.29, 0.717) is 26.2 Å². The molecule has 0 radical (unpaired) electrons. The van der Waals surface area contributed by atoms with Crippen molar-refractivity contribution in [1.82, 2.24) is 9.80 Å². The smallest absolute Gasteiger partial charge is 0.254 e. The SMILES string of the molecule is CCc1ccc(C(=O)N2CCN(C(=O)c3cc(C)ccc3C)CC2)cc1. The summed E-state index contributed by atoms with van der Waals surface area (Å²) in [5.41, 5.74) is 4.79. The fourth-order valence-electron chi connectivity index (χ4n) is 3.31. The number of amides is 2. The number of carbonyl (C=O) groups excluding carboxylic acids is 2. The van der Waals surface area contributed by atoms with Crippen LogP contribution in [0.1, 0.15) is 44.3 Å². The van der Waals surface area contributed by atoms with E-state index in [4.69, 9.17) is 0 Å². The van der Waals surface area contributed by atoms with Crippen LogP contribution in [0.3, 0.4) is 0 Å². The Hall–Kier alpha value is -2.62. The Morgan fingerprint density at radius 2 is 1.42 bits per heavy atom. The van der Waals surface area contributed by atoms with Gasteiger partial charge in [0, 0.05) is 37.3 Å². The Morgan fingerprint density at radius 3 is 2.00 bits per heavy atom.